The van der Waals surface area contributed by atoms with Crippen LogP contribution in [0.1, 0.15) is 71.4 Å². The minimum Gasteiger partial charge on any atom is -0.382 e. The normalized spacial score (nSPS) is 27.7. The zero-order chi connectivity index (χ0) is 30.2. The number of benzene rings is 3. The van der Waals surface area contributed by atoms with Crippen LogP contribution >= 0.6 is 0 Å². The molecule has 3 unspecified atom stereocenters. The van der Waals surface area contributed by atoms with Gasteiger partial charge in [0.25, 0.3) is 11.8 Å². The Kier molecular flexibility index (Phi) is 6.18. The highest BCUT2D eigenvalue weighted by Crippen LogP contribution is 2.70. The second-order valence-corrected chi connectivity index (χ2v) is 14.4. The molecule has 3 aromatic carbocycles. The van der Waals surface area contributed by atoms with Crippen LogP contribution in [0.2, 0.25) is 0 Å². The Morgan fingerprint density at radius 1 is 0.884 bits per heavy atom. The van der Waals surface area contributed by atoms with Crippen LogP contribution < -0.4 is 5.01 Å². The molecule has 2 saturated carbocycles. The molecule has 2 amide bonds. The second kappa shape index (κ2) is 9.54. The molecule has 4 aliphatic rings. The number of para-hydroxylation sites is 1. The molecule has 2 heterocycles. The first kappa shape index (κ1) is 27.9. The third-order valence-corrected chi connectivity index (χ3v) is 11.4. The molecule has 4 atom stereocenters. The summed E-state index contributed by atoms with van der Waals surface area (Å²) in [5.41, 5.74) is 2.08. The van der Waals surface area contributed by atoms with E-state index in [1.54, 1.807) is 10.0 Å². The third kappa shape index (κ3) is 3.61. The summed E-state index contributed by atoms with van der Waals surface area (Å²) in [4.78, 5) is 35.4. The number of amides is 2. The highest BCUT2D eigenvalue weighted by atomic mass is 16.6. The lowest BCUT2D eigenvalue weighted by atomic mass is 9.56. The summed E-state index contributed by atoms with van der Waals surface area (Å²) >= 11 is 0. The molecule has 6 nitrogen and oxygen atoms in total. The SMILES string of the molecule is CC(C)(C)C(C1=NO[C@@H](C(=O)N2C3CC4CCC3(C(=O)N2c2ccccc2)C4(C)C)C1)(c1ccccc1)c1ccccc1. The van der Waals surface area contributed by atoms with Crippen LogP contribution in [-0.4, -0.2) is 34.7 Å². The van der Waals surface area contributed by atoms with Crippen molar-refractivity contribution in [1.82, 2.24) is 5.01 Å². The summed E-state index contributed by atoms with van der Waals surface area (Å²) in [7, 11) is 0. The lowest BCUT2D eigenvalue weighted by Crippen LogP contribution is -2.52. The van der Waals surface area contributed by atoms with Crippen molar-refractivity contribution in [1.29, 1.82) is 0 Å². The zero-order valence-corrected chi connectivity index (χ0v) is 25.8. The standard InChI is InChI=1S/C37H41N3O3/c1-34(2,3)37(25-15-9-6-10-16-25,26-17-11-7-12-18-26)30-24-29(43-38-30)32(41)40-31-23-27-21-22-36(31,35(27,4)5)33(42)39(40)28-19-13-8-14-20-28/h6-20,27,29,31H,21-24H2,1-5H3/t27?,29-,31?,36?/m1/s1. The smallest absolute Gasteiger partial charge is 0.286 e. The first-order valence-corrected chi connectivity index (χ1v) is 15.6. The molecule has 0 aromatic heterocycles. The van der Waals surface area contributed by atoms with Crippen molar-refractivity contribution >= 4 is 23.2 Å². The van der Waals surface area contributed by atoms with E-state index in [0.717, 1.165) is 41.8 Å². The molecule has 3 aromatic rings. The Bertz CT molecular complexity index is 1540. The van der Waals surface area contributed by atoms with Gasteiger partial charge in [-0.2, -0.15) is 0 Å². The molecule has 0 radical (unpaired) electrons. The number of carbonyl (C=O) groups excluding carboxylic acids is 2. The first-order chi connectivity index (χ1) is 20.5. The maximum Gasteiger partial charge on any atom is 0.286 e. The van der Waals surface area contributed by atoms with Gasteiger partial charge < -0.3 is 4.84 Å². The summed E-state index contributed by atoms with van der Waals surface area (Å²) < 4.78 is 0. The van der Waals surface area contributed by atoms with E-state index in [1.165, 1.54) is 0 Å². The van der Waals surface area contributed by atoms with Crippen LogP contribution in [0.15, 0.2) is 96.2 Å². The highest BCUT2D eigenvalue weighted by Gasteiger charge is 2.75. The fraction of sp³-hybridized carbons (Fsp3) is 0.432. The van der Waals surface area contributed by atoms with Crippen molar-refractivity contribution in [2.45, 2.75) is 77.9 Å². The van der Waals surface area contributed by atoms with E-state index in [0.29, 0.717) is 12.3 Å². The molecule has 2 aliphatic heterocycles. The first-order valence-electron chi connectivity index (χ1n) is 15.6. The van der Waals surface area contributed by atoms with Gasteiger partial charge in [0.2, 0.25) is 6.10 Å². The molecular formula is C37H41N3O3. The number of nitrogens with zero attached hydrogens (tertiary/aromatic N) is 3. The molecule has 222 valence electrons. The van der Waals surface area contributed by atoms with Gasteiger partial charge in [-0.3, -0.25) is 9.59 Å². The van der Waals surface area contributed by atoms with E-state index in [-0.39, 0.29) is 28.7 Å². The Hall–Kier alpha value is -3.93. The number of hydrogen-bond donors (Lipinski definition) is 0. The average molecular weight is 576 g/mol. The Labute approximate surface area is 254 Å². The van der Waals surface area contributed by atoms with Crippen LogP contribution in [0.25, 0.3) is 0 Å². The number of anilines is 1. The summed E-state index contributed by atoms with van der Waals surface area (Å²) in [6.45, 7) is 11.1. The van der Waals surface area contributed by atoms with Gasteiger partial charge in [0.05, 0.1) is 28.3 Å². The van der Waals surface area contributed by atoms with Crippen molar-refractivity contribution in [3.63, 3.8) is 0 Å². The summed E-state index contributed by atoms with van der Waals surface area (Å²) in [6, 6.07) is 30.3. The lowest BCUT2D eigenvalue weighted by Gasteiger charge is -2.45. The van der Waals surface area contributed by atoms with E-state index in [1.807, 2.05) is 42.5 Å². The minimum absolute atomic E-state index is 0.0406. The average Bonchev–Trinajstić information content (AvgIpc) is 3.72. The lowest BCUT2D eigenvalue weighted by molar-refractivity contribution is -0.145. The fourth-order valence-corrected chi connectivity index (χ4v) is 9.31. The maximum absolute atomic E-state index is 14.7. The van der Waals surface area contributed by atoms with Gasteiger partial charge in [-0.25, -0.2) is 10.0 Å². The Morgan fingerprint density at radius 2 is 1.44 bits per heavy atom. The molecule has 1 saturated heterocycles. The van der Waals surface area contributed by atoms with E-state index < -0.39 is 16.9 Å². The van der Waals surface area contributed by atoms with Gasteiger partial charge in [0.15, 0.2) is 0 Å². The van der Waals surface area contributed by atoms with Gasteiger partial charge in [0.1, 0.15) is 0 Å². The fourth-order valence-electron chi connectivity index (χ4n) is 9.31. The number of oxime groups is 1. The topological polar surface area (TPSA) is 62.2 Å². The zero-order valence-electron chi connectivity index (χ0n) is 25.8. The molecule has 1 spiro atoms. The van der Waals surface area contributed by atoms with Gasteiger partial charge in [-0.15, -0.1) is 0 Å². The van der Waals surface area contributed by atoms with Gasteiger partial charge in [0, 0.05) is 6.42 Å². The van der Waals surface area contributed by atoms with Crippen LogP contribution in [-0.2, 0) is 19.8 Å². The molecular weight excluding hydrogens is 534 g/mol. The number of fused-ring (bicyclic) bond motifs is 1. The van der Waals surface area contributed by atoms with Crippen molar-refractivity contribution < 1.29 is 14.4 Å². The molecule has 2 bridgehead atoms. The molecule has 0 N–H and O–H groups in total. The highest BCUT2D eigenvalue weighted by molar-refractivity contribution is 6.07. The van der Waals surface area contributed by atoms with E-state index in [2.05, 4.69) is 83.1 Å². The predicted molar refractivity (Wildman–Crippen MR) is 168 cm³/mol. The van der Waals surface area contributed by atoms with Crippen LogP contribution in [0.5, 0.6) is 0 Å². The van der Waals surface area contributed by atoms with E-state index in [9.17, 15) is 9.59 Å². The van der Waals surface area contributed by atoms with Gasteiger partial charge in [-0.05, 0) is 59.3 Å². The summed E-state index contributed by atoms with van der Waals surface area (Å²) in [5, 5.41) is 8.18. The third-order valence-electron chi connectivity index (χ3n) is 11.4. The quantitative estimate of drug-likeness (QED) is 0.325. The van der Waals surface area contributed by atoms with Crippen LogP contribution in [0, 0.1) is 22.2 Å². The molecule has 7 rings (SSSR count). The number of hydrogen-bond acceptors (Lipinski definition) is 4. The molecule has 43 heavy (non-hydrogen) atoms. The molecule has 6 heteroatoms. The van der Waals surface area contributed by atoms with Gasteiger partial charge >= 0.3 is 0 Å². The second-order valence-electron chi connectivity index (χ2n) is 14.4. The number of rotatable bonds is 5. The van der Waals surface area contributed by atoms with Gasteiger partial charge in [-0.1, -0.05) is 119 Å². The van der Waals surface area contributed by atoms with Crippen molar-refractivity contribution in [2.24, 2.45) is 27.3 Å². The van der Waals surface area contributed by atoms with E-state index >= 15 is 0 Å². The van der Waals surface area contributed by atoms with E-state index in [4.69, 9.17) is 9.99 Å². The summed E-state index contributed by atoms with van der Waals surface area (Å²) in [5.74, 6) is 0.264. The number of carbonyl (C=O) groups is 2. The Balaban J connectivity index is 1.29. The monoisotopic (exact) mass is 575 g/mol. The summed E-state index contributed by atoms with van der Waals surface area (Å²) in [6.07, 6.45) is 2.19. The minimum atomic E-state index is -0.819. The van der Waals surface area contributed by atoms with Crippen molar-refractivity contribution in [2.75, 3.05) is 5.01 Å². The van der Waals surface area contributed by atoms with Crippen LogP contribution in [0.3, 0.4) is 0 Å². The van der Waals surface area contributed by atoms with Crippen molar-refractivity contribution in [3.05, 3.63) is 102 Å². The van der Waals surface area contributed by atoms with Crippen LogP contribution in [0.4, 0.5) is 5.69 Å². The predicted octanol–water partition coefficient (Wildman–Crippen LogP) is 7.15. The van der Waals surface area contributed by atoms with Crippen molar-refractivity contribution in [3.8, 4) is 0 Å². The molecule has 2 aliphatic carbocycles. The Morgan fingerprint density at radius 3 is 1.98 bits per heavy atom. The largest absolute Gasteiger partial charge is 0.382 e. The number of hydrazine groups is 1. The maximum atomic E-state index is 14.7. The molecule has 3 fully saturated rings.